The lowest BCUT2D eigenvalue weighted by molar-refractivity contribution is -0.137. The van der Waals surface area contributed by atoms with E-state index in [9.17, 15) is 23.5 Å². The Hall–Kier alpha value is -3.22. The average Bonchev–Trinajstić information content (AvgIpc) is 2.74. The van der Waals surface area contributed by atoms with Crippen LogP contribution in [0.25, 0.3) is 5.76 Å². The number of anilines is 1. The number of rotatable bonds is 3. The number of carbonyl (C=O) groups is 2. The summed E-state index contributed by atoms with van der Waals surface area (Å²) in [6, 6.07) is 8.02. The lowest BCUT2D eigenvalue weighted by Gasteiger charge is -2.23. The first-order chi connectivity index (χ1) is 12.8. The highest BCUT2D eigenvalue weighted by atomic mass is 19.1. The Morgan fingerprint density at radius 2 is 1.96 bits per heavy atom. The summed E-state index contributed by atoms with van der Waals surface area (Å²) < 4.78 is 32.4. The molecule has 3 rings (SSSR count). The lowest BCUT2D eigenvalue weighted by Crippen LogP contribution is -2.31. The first-order valence-electron chi connectivity index (χ1n) is 8.17. The van der Waals surface area contributed by atoms with Gasteiger partial charge in [-0.25, -0.2) is 13.6 Å². The van der Waals surface area contributed by atoms with Crippen LogP contribution in [0.1, 0.15) is 23.1 Å². The van der Waals surface area contributed by atoms with E-state index in [1.54, 1.807) is 19.1 Å². The highest BCUT2D eigenvalue weighted by Gasteiger charge is 2.31. The van der Waals surface area contributed by atoms with Gasteiger partial charge >= 0.3 is 5.97 Å². The van der Waals surface area contributed by atoms with Crippen LogP contribution in [-0.2, 0) is 20.9 Å². The van der Waals surface area contributed by atoms with Gasteiger partial charge in [-0.3, -0.25) is 4.79 Å². The molecule has 7 heteroatoms. The molecule has 0 radical (unpaired) electrons. The fourth-order valence-corrected chi connectivity index (χ4v) is 2.94. The molecular formula is C20H17F2NO4. The van der Waals surface area contributed by atoms with E-state index in [4.69, 9.17) is 0 Å². The minimum Gasteiger partial charge on any atom is -0.507 e. The zero-order valence-corrected chi connectivity index (χ0v) is 14.8. The Balaban J connectivity index is 2.10. The molecule has 2 aromatic carbocycles. The number of fused-ring (bicyclic) bond motifs is 1. The van der Waals surface area contributed by atoms with Crippen molar-refractivity contribution in [2.75, 3.05) is 12.0 Å². The van der Waals surface area contributed by atoms with E-state index >= 15 is 0 Å². The van der Waals surface area contributed by atoms with Crippen LogP contribution < -0.4 is 4.90 Å². The lowest BCUT2D eigenvalue weighted by atomic mass is 10.1. The number of carbonyl (C=O) groups excluding carboxylic acids is 2. The number of nitrogens with zero attached hydrogens (tertiary/aromatic N) is 1. The number of ether oxygens (including phenoxy) is 1. The first kappa shape index (κ1) is 18.6. The quantitative estimate of drug-likeness (QED) is 0.834. The minimum absolute atomic E-state index is 0.0474. The second-order valence-corrected chi connectivity index (χ2v) is 6.22. The van der Waals surface area contributed by atoms with E-state index in [0.717, 1.165) is 19.2 Å². The number of aliphatic hydroxyl groups is 1. The Labute approximate surface area is 154 Å². The molecule has 0 fully saturated rings. The second kappa shape index (κ2) is 7.19. The van der Waals surface area contributed by atoms with Gasteiger partial charge in [0.15, 0.2) is 0 Å². The molecule has 27 heavy (non-hydrogen) atoms. The van der Waals surface area contributed by atoms with Crippen molar-refractivity contribution in [2.45, 2.75) is 19.9 Å². The van der Waals surface area contributed by atoms with E-state index in [0.29, 0.717) is 11.1 Å². The fourth-order valence-electron chi connectivity index (χ4n) is 2.94. The number of aryl methyl sites for hydroxylation is 1. The molecule has 0 aliphatic carbocycles. The summed E-state index contributed by atoms with van der Waals surface area (Å²) in [6.07, 6.45) is -0.427. The molecule has 0 atom stereocenters. The topological polar surface area (TPSA) is 66.8 Å². The van der Waals surface area contributed by atoms with Crippen molar-refractivity contribution >= 4 is 23.3 Å². The van der Waals surface area contributed by atoms with Crippen molar-refractivity contribution in [3.63, 3.8) is 0 Å². The molecule has 1 N–H and O–H groups in total. The Morgan fingerprint density at radius 3 is 2.63 bits per heavy atom. The molecule has 1 heterocycles. The molecule has 0 spiro atoms. The summed E-state index contributed by atoms with van der Waals surface area (Å²) in [4.78, 5) is 26.0. The van der Waals surface area contributed by atoms with Gasteiger partial charge in [0.05, 0.1) is 31.3 Å². The number of hydrogen-bond donors (Lipinski definition) is 1. The van der Waals surface area contributed by atoms with Gasteiger partial charge in [-0.2, -0.15) is 0 Å². The zero-order valence-electron chi connectivity index (χ0n) is 14.8. The van der Waals surface area contributed by atoms with Crippen molar-refractivity contribution < 1.29 is 28.2 Å². The first-order valence-corrected chi connectivity index (χ1v) is 8.17. The van der Waals surface area contributed by atoms with Gasteiger partial charge in [0.25, 0.3) is 0 Å². The molecule has 0 bridgehead atoms. The molecule has 0 unspecified atom stereocenters. The third-order valence-corrected chi connectivity index (χ3v) is 4.43. The molecule has 140 valence electrons. The van der Waals surface area contributed by atoms with Crippen molar-refractivity contribution in [1.82, 2.24) is 0 Å². The summed E-state index contributed by atoms with van der Waals surface area (Å²) in [6.45, 7) is 1.57. The monoisotopic (exact) mass is 373 g/mol. The maximum Gasteiger partial charge on any atom is 0.338 e. The third-order valence-electron chi connectivity index (χ3n) is 4.43. The largest absolute Gasteiger partial charge is 0.507 e. The molecule has 0 aromatic heterocycles. The summed E-state index contributed by atoms with van der Waals surface area (Å²) in [5.41, 5.74) is 0.947. The van der Waals surface area contributed by atoms with Crippen LogP contribution in [-0.4, -0.2) is 24.1 Å². The van der Waals surface area contributed by atoms with Gasteiger partial charge in [0, 0.05) is 5.56 Å². The normalized spacial score (nSPS) is 14.1. The smallest absolute Gasteiger partial charge is 0.338 e. The number of esters is 1. The maximum absolute atomic E-state index is 13.9. The van der Waals surface area contributed by atoms with Gasteiger partial charge in [-0.15, -0.1) is 0 Å². The number of aliphatic hydroxyl groups excluding tert-OH is 1. The van der Waals surface area contributed by atoms with E-state index in [2.05, 4.69) is 4.74 Å². The highest BCUT2D eigenvalue weighted by molar-refractivity contribution is 6.09. The van der Waals surface area contributed by atoms with E-state index in [1.807, 2.05) is 0 Å². The SMILES string of the molecule is COC(=O)C1=C(O)c2ccc(F)cc2N(Cc2ccc(C)c(F)c2)C(=O)C1. The van der Waals surface area contributed by atoms with Gasteiger partial charge < -0.3 is 14.7 Å². The van der Waals surface area contributed by atoms with Gasteiger partial charge in [0.2, 0.25) is 5.91 Å². The van der Waals surface area contributed by atoms with Crippen LogP contribution in [0.3, 0.4) is 0 Å². The van der Waals surface area contributed by atoms with E-state index < -0.39 is 35.7 Å². The molecule has 1 aliphatic heterocycles. The van der Waals surface area contributed by atoms with Crippen LogP contribution in [0, 0.1) is 18.6 Å². The predicted octanol–water partition coefficient (Wildman–Crippen LogP) is 3.65. The van der Waals surface area contributed by atoms with E-state index in [-0.39, 0.29) is 23.4 Å². The maximum atomic E-state index is 13.9. The van der Waals surface area contributed by atoms with Crippen LogP contribution in [0.2, 0.25) is 0 Å². The van der Waals surface area contributed by atoms with Crippen molar-refractivity contribution in [1.29, 1.82) is 0 Å². The number of amides is 1. The fraction of sp³-hybridized carbons (Fsp3) is 0.200. The molecule has 2 aromatic rings. The van der Waals surface area contributed by atoms with Crippen molar-refractivity contribution in [3.8, 4) is 0 Å². The molecular weight excluding hydrogens is 356 g/mol. The second-order valence-electron chi connectivity index (χ2n) is 6.22. The number of hydrogen-bond acceptors (Lipinski definition) is 4. The van der Waals surface area contributed by atoms with Crippen LogP contribution >= 0.6 is 0 Å². The Morgan fingerprint density at radius 1 is 1.22 bits per heavy atom. The van der Waals surface area contributed by atoms with Crippen LogP contribution in [0.15, 0.2) is 42.0 Å². The number of halogens is 2. The summed E-state index contributed by atoms with van der Waals surface area (Å²) in [5, 5.41) is 10.5. The van der Waals surface area contributed by atoms with Crippen molar-refractivity contribution in [3.05, 3.63) is 70.3 Å². The van der Waals surface area contributed by atoms with E-state index in [1.165, 1.54) is 17.0 Å². The average molecular weight is 373 g/mol. The van der Waals surface area contributed by atoms with Gasteiger partial charge in [-0.1, -0.05) is 12.1 Å². The molecule has 0 saturated heterocycles. The molecule has 0 saturated carbocycles. The van der Waals surface area contributed by atoms with Crippen molar-refractivity contribution in [2.24, 2.45) is 0 Å². The zero-order chi connectivity index (χ0) is 19.7. The number of methoxy groups -OCH3 is 1. The van der Waals surface area contributed by atoms with Gasteiger partial charge in [0.1, 0.15) is 17.4 Å². The standard InChI is InChI=1S/C20H17F2NO4/c1-11-3-4-12(7-16(11)22)10-23-17-8-13(21)5-6-14(17)19(25)15(9-18(23)24)20(26)27-2/h3-8,25H,9-10H2,1-2H3. The molecule has 5 nitrogen and oxygen atoms in total. The Kier molecular flexibility index (Phi) is 4.94. The summed E-state index contributed by atoms with van der Waals surface area (Å²) in [5.74, 6) is -2.88. The summed E-state index contributed by atoms with van der Waals surface area (Å²) in [7, 11) is 1.14. The number of benzene rings is 2. The Bertz CT molecular complexity index is 968. The minimum atomic E-state index is -0.848. The van der Waals surface area contributed by atoms with Crippen LogP contribution in [0.4, 0.5) is 14.5 Å². The molecule has 1 amide bonds. The van der Waals surface area contributed by atoms with Crippen LogP contribution in [0.5, 0.6) is 0 Å². The summed E-state index contributed by atoms with van der Waals surface area (Å²) >= 11 is 0. The van der Waals surface area contributed by atoms with Gasteiger partial charge in [-0.05, 0) is 42.3 Å². The third kappa shape index (κ3) is 3.53. The molecule has 1 aliphatic rings. The highest BCUT2D eigenvalue weighted by Crippen LogP contribution is 2.35. The predicted molar refractivity (Wildman–Crippen MR) is 94.9 cm³/mol.